The Morgan fingerprint density at radius 2 is 1.94 bits per heavy atom. The van der Waals surface area contributed by atoms with Crippen molar-refractivity contribution in [1.29, 1.82) is 0 Å². The summed E-state index contributed by atoms with van der Waals surface area (Å²) in [4.78, 5) is 29.7. The molecule has 2 amide bonds. The third kappa shape index (κ3) is 6.22. The van der Waals surface area contributed by atoms with Gasteiger partial charge in [0.2, 0.25) is 11.8 Å². The molecule has 3 rings (SSSR count). The molecule has 1 aliphatic carbocycles. The molecule has 1 fully saturated rings. The standard InChI is InChI=1S/C26H37N3O3/c1-5-21(3)29(25(30)19-28(15-16-32-4)26(31)22-12-13-22)18-24-11-8-14-27(24)17-23-10-7-6-9-20(23)2/h6-11,14,21-22H,5,12-13,15-19H2,1-4H3. The maximum absolute atomic E-state index is 13.4. The first-order valence-electron chi connectivity index (χ1n) is 11.7. The smallest absolute Gasteiger partial charge is 0.242 e. The molecule has 1 saturated carbocycles. The van der Waals surface area contributed by atoms with Crippen LogP contribution in [0.5, 0.6) is 0 Å². The van der Waals surface area contributed by atoms with Crippen LogP contribution in [0.2, 0.25) is 0 Å². The van der Waals surface area contributed by atoms with Crippen LogP contribution < -0.4 is 0 Å². The number of carbonyl (C=O) groups is 2. The third-order valence-corrected chi connectivity index (χ3v) is 6.43. The molecule has 1 atom stereocenters. The summed E-state index contributed by atoms with van der Waals surface area (Å²) in [5, 5.41) is 0. The highest BCUT2D eigenvalue weighted by Gasteiger charge is 2.35. The van der Waals surface area contributed by atoms with Crippen LogP contribution in [-0.2, 0) is 27.4 Å². The fraction of sp³-hybridized carbons (Fsp3) is 0.538. The Morgan fingerprint density at radius 1 is 1.19 bits per heavy atom. The molecule has 32 heavy (non-hydrogen) atoms. The van der Waals surface area contributed by atoms with Crippen LogP contribution in [0.25, 0.3) is 0 Å². The van der Waals surface area contributed by atoms with E-state index in [1.807, 2.05) is 11.0 Å². The van der Waals surface area contributed by atoms with Crippen molar-refractivity contribution in [2.45, 2.75) is 59.2 Å². The monoisotopic (exact) mass is 439 g/mol. The molecule has 6 nitrogen and oxygen atoms in total. The highest BCUT2D eigenvalue weighted by atomic mass is 16.5. The van der Waals surface area contributed by atoms with E-state index < -0.39 is 0 Å². The molecule has 1 heterocycles. The molecule has 0 radical (unpaired) electrons. The minimum Gasteiger partial charge on any atom is -0.383 e. The van der Waals surface area contributed by atoms with Crippen molar-refractivity contribution < 1.29 is 14.3 Å². The van der Waals surface area contributed by atoms with Gasteiger partial charge in [0.25, 0.3) is 0 Å². The van der Waals surface area contributed by atoms with Gasteiger partial charge >= 0.3 is 0 Å². The van der Waals surface area contributed by atoms with Crippen molar-refractivity contribution >= 4 is 11.8 Å². The fourth-order valence-electron chi connectivity index (χ4n) is 3.91. The Morgan fingerprint density at radius 3 is 2.59 bits per heavy atom. The number of aryl methyl sites for hydroxylation is 1. The first-order valence-corrected chi connectivity index (χ1v) is 11.7. The number of rotatable bonds is 12. The van der Waals surface area contributed by atoms with Gasteiger partial charge < -0.3 is 19.1 Å². The molecule has 0 N–H and O–H groups in total. The molecular weight excluding hydrogens is 402 g/mol. The summed E-state index contributed by atoms with van der Waals surface area (Å²) in [6, 6.07) is 12.6. The summed E-state index contributed by atoms with van der Waals surface area (Å²) in [6.45, 7) is 8.61. The summed E-state index contributed by atoms with van der Waals surface area (Å²) >= 11 is 0. The van der Waals surface area contributed by atoms with E-state index in [0.717, 1.165) is 31.5 Å². The lowest BCUT2D eigenvalue weighted by Crippen LogP contribution is -2.47. The SMILES string of the molecule is CCC(C)N(Cc1cccn1Cc1ccccc1C)C(=O)CN(CCOC)C(=O)C1CC1. The van der Waals surface area contributed by atoms with Crippen LogP contribution in [0.3, 0.4) is 0 Å². The Hall–Kier alpha value is -2.60. The summed E-state index contributed by atoms with van der Waals surface area (Å²) in [6.07, 6.45) is 4.79. The number of carbonyl (C=O) groups excluding carboxylic acids is 2. The zero-order valence-corrected chi connectivity index (χ0v) is 19.9. The first-order chi connectivity index (χ1) is 15.4. The Kier molecular flexibility index (Phi) is 8.51. The summed E-state index contributed by atoms with van der Waals surface area (Å²) in [5.41, 5.74) is 3.63. The predicted octanol–water partition coefficient (Wildman–Crippen LogP) is 3.86. The summed E-state index contributed by atoms with van der Waals surface area (Å²) in [5.74, 6) is 0.165. The van der Waals surface area contributed by atoms with Gasteiger partial charge in [0.1, 0.15) is 0 Å². The average Bonchev–Trinajstić information content (AvgIpc) is 3.55. The molecule has 1 aliphatic rings. The molecule has 0 saturated heterocycles. The molecular formula is C26H37N3O3. The van der Waals surface area contributed by atoms with Gasteiger partial charge in [0, 0.05) is 44.0 Å². The maximum atomic E-state index is 13.4. The van der Waals surface area contributed by atoms with E-state index in [0.29, 0.717) is 19.7 Å². The summed E-state index contributed by atoms with van der Waals surface area (Å²) < 4.78 is 7.39. The normalized spacial score (nSPS) is 14.2. The highest BCUT2D eigenvalue weighted by molar-refractivity contribution is 5.87. The number of amides is 2. The lowest BCUT2D eigenvalue weighted by molar-refractivity contribution is -0.143. The minimum absolute atomic E-state index is 0.00639. The number of hydrogen-bond donors (Lipinski definition) is 0. The van der Waals surface area contributed by atoms with Gasteiger partial charge in [-0.3, -0.25) is 9.59 Å². The second-order valence-corrected chi connectivity index (χ2v) is 8.86. The number of benzene rings is 1. The van der Waals surface area contributed by atoms with Crippen molar-refractivity contribution in [1.82, 2.24) is 14.4 Å². The number of ether oxygens (including phenoxy) is 1. The molecule has 1 unspecified atom stereocenters. The molecule has 6 heteroatoms. The highest BCUT2D eigenvalue weighted by Crippen LogP contribution is 2.31. The van der Waals surface area contributed by atoms with Crippen molar-refractivity contribution in [3.63, 3.8) is 0 Å². The van der Waals surface area contributed by atoms with Crippen molar-refractivity contribution in [3.8, 4) is 0 Å². The number of nitrogens with zero attached hydrogens (tertiary/aromatic N) is 3. The second kappa shape index (κ2) is 11.3. The predicted molar refractivity (Wildman–Crippen MR) is 126 cm³/mol. The van der Waals surface area contributed by atoms with E-state index in [-0.39, 0.29) is 30.3 Å². The molecule has 1 aromatic heterocycles. The van der Waals surface area contributed by atoms with Crippen LogP contribution in [0.15, 0.2) is 42.6 Å². The van der Waals surface area contributed by atoms with Crippen molar-refractivity contribution in [2.75, 3.05) is 26.8 Å². The van der Waals surface area contributed by atoms with Crippen molar-refractivity contribution in [3.05, 3.63) is 59.4 Å². The van der Waals surface area contributed by atoms with E-state index >= 15 is 0 Å². The minimum atomic E-state index is -0.00639. The third-order valence-electron chi connectivity index (χ3n) is 6.43. The quantitative estimate of drug-likeness (QED) is 0.505. The Labute approximate surface area is 192 Å². The molecule has 0 bridgehead atoms. The average molecular weight is 440 g/mol. The second-order valence-electron chi connectivity index (χ2n) is 8.86. The van der Waals surface area contributed by atoms with Crippen molar-refractivity contribution in [2.24, 2.45) is 5.92 Å². The maximum Gasteiger partial charge on any atom is 0.242 e. The topological polar surface area (TPSA) is 54.8 Å². The molecule has 2 aromatic rings. The fourth-order valence-corrected chi connectivity index (χ4v) is 3.91. The van der Waals surface area contributed by atoms with Crippen LogP contribution >= 0.6 is 0 Å². The van der Waals surface area contributed by atoms with Crippen LogP contribution in [0.4, 0.5) is 0 Å². The van der Waals surface area contributed by atoms with E-state index in [1.165, 1.54) is 11.1 Å². The van der Waals surface area contributed by atoms with Gasteiger partial charge in [-0.05, 0) is 56.4 Å². The zero-order valence-electron chi connectivity index (χ0n) is 19.9. The van der Waals surface area contributed by atoms with Gasteiger partial charge in [-0.15, -0.1) is 0 Å². The lowest BCUT2D eigenvalue weighted by Gasteiger charge is -2.32. The van der Waals surface area contributed by atoms with Gasteiger partial charge in [-0.25, -0.2) is 0 Å². The number of aromatic nitrogens is 1. The Bertz CT molecular complexity index is 903. The summed E-state index contributed by atoms with van der Waals surface area (Å²) in [7, 11) is 1.62. The van der Waals surface area contributed by atoms with Gasteiger partial charge in [-0.1, -0.05) is 31.2 Å². The van der Waals surface area contributed by atoms with Crippen LogP contribution in [0, 0.1) is 12.8 Å². The van der Waals surface area contributed by atoms with E-state index in [9.17, 15) is 9.59 Å². The zero-order chi connectivity index (χ0) is 23.1. The van der Waals surface area contributed by atoms with Crippen LogP contribution in [-0.4, -0.2) is 59.0 Å². The van der Waals surface area contributed by atoms with Gasteiger partial charge in [0.15, 0.2) is 0 Å². The van der Waals surface area contributed by atoms with E-state index in [4.69, 9.17) is 4.74 Å². The number of methoxy groups -OCH3 is 1. The van der Waals surface area contributed by atoms with E-state index in [1.54, 1.807) is 12.0 Å². The molecule has 174 valence electrons. The molecule has 0 aliphatic heterocycles. The lowest BCUT2D eigenvalue weighted by atomic mass is 10.1. The van der Waals surface area contributed by atoms with Gasteiger partial charge in [-0.2, -0.15) is 0 Å². The number of hydrogen-bond acceptors (Lipinski definition) is 3. The van der Waals surface area contributed by atoms with E-state index in [2.05, 4.69) is 61.9 Å². The van der Waals surface area contributed by atoms with Gasteiger partial charge in [0.05, 0.1) is 19.7 Å². The Balaban J connectivity index is 1.74. The largest absolute Gasteiger partial charge is 0.383 e. The molecule has 1 aromatic carbocycles. The first kappa shape index (κ1) is 24.1. The molecule has 0 spiro atoms. The van der Waals surface area contributed by atoms with Crippen LogP contribution in [0.1, 0.15) is 49.9 Å².